The number of thiocarbonyl (C=S) groups is 1. The molecule has 2 aliphatic rings. The van der Waals surface area contributed by atoms with Crippen LogP contribution >= 0.6 is 12.2 Å². The molecular formula is C25H26FN3O2S. The van der Waals surface area contributed by atoms with Crippen molar-refractivity contribution in [3.05, 3.63) is 64.5 Å². The fourth-order valence-corrected chi connectivity index (χ4v) is 4.83. The number of amides is 2. The van der Waals surface area contributed by atoms with E-state index in [0.29, 0.717) is 5.92 Å². The Balaban J connectivity index is 1.79. The average Bonchev–Trinajstić information content (AvgIpc) is 2.71. The van der Waals surface area contributed by atoms with Gasteiger partial charge in [-0.25, -0.2) is 9.29 Å². The Kier molecular flexibility index (Phi) is 5.41. The number of halogens is 1. The molecule has 1 atom stereocenters. The molecule has 4 rings (SSSR count). The Hall–Kier alpha value is -3.06. The van der Waals surface area contributed by atoms with Crippen LogP contribution in [0.3, 0.4) is 0 Å². The van der Waals surface area contributed by atoms with Crippen molar-refractivity contribution in [2.75, 3.05) is 16.8 Å². The molecular weight excluding hydrogens is 425 g/mol. The monoisotopic (exact) mass is 451 g/mol. The summed E-state index contributed by atoms with van der Waals surface area (Å²) in [6.45, 7) is 8.60. The summed E-state index contributed by atoms with van der Waals surface area (Å²) in [5.74, 6) is -1.50. The van der Waals surface area contributed by atoms with Crippen LogP contribution in [0, 0.1) is 12.7 Å². The molecule has 2 aliphatic heterocycles. The number of carbonyl (C=O) groups is 2. The quantitative estimate of drug-likeness (QED) is 0.409. The summed E-state index contributed by atoms with van der Waals surface area (Å²) >= 11 is 5.17. The van der Waals surface area contributed by atoms with Crippen molar-refractivity contribution >= 4 is 46.6 Å². The lowest BCUT2D eigenvalue weighted by atomic mass is 9.79. The van der Waals surface area contributed by atoms with Crippen molar-refractivity contribution in [3.8, 4) is 0 Å². The van der Waals surface area contributed by atoms with Crippen molar-refractivity contribution in [1.82, 2.24) is 5.32 Å². The van der Waals surface area contributed by atoms with Crippen molar-refractivity contribution < 1.29 is 14.0 Å². The molecule has 2 heterocycles. The van der Waals surface area contributed by atoms with Gasteiger partial charge in [0.1, 0.15) is 11.4 Å². The lowest BCUT2D eigenvalue weighted by Gasteiger charge is -2.45. The lowest BCUT2D eigenvalue weighted by molar-refractivity contribution is -0.122. The Bertz CT molecular complexity index is 1190. The van der Waals surface area contributed by atoms with Gasteiger partial charge in [0.2, 0.25) is 0 Å². The molecule has 2 aromatic rings. The highest BCUT2D eigenvalue weighted by molar-refractivity contribution is 7.80. The van der Waals surface area contributed by atoms with Crippen LogP contribution < -0.4 is 15.1 Å². The van der Waals surface area contributed by atoms with Crippen molar-refractivity contribution in [2.45, 2.75) is 45.6 Å². The van der Waals surface area contributed by atoms with E-state index in [1.165, 1.54) is 23.8 Å². The van der Waals surface area contributed by atoms with E-state index in [2.05, 4.69) is 50.2 Å². The van der Waals surface area contributed by atoms with E-state index in [1.807, 2.05) is 6.92 Å². The normalized spacial score (nSPS) is 21.6. The van der Waals surface area contributed by atoms with E-state index in [-0.39, 0.29) is 21.9 Å². The van der Waals surface area contributed by atoms with Crippen molar-refractivity contribution in [2.24, 2.45) is 0 Å². The third-order valence-corrected chi connectivity index (χ3v) is 6.80. The van der Waals surface area contributed by atoms with Gasteiger partial charge in [0.25, 0.3) is 11.8 Å². The van der Waals surface area contributed by atoms with Gasteiger partial charge in [-0.2, -0.15) is 0 Å². The number of nitrogens with one attached hydrogen (secondary N) is 1. The Labute approximate surface area is 192 Å². The maximum Gasteiger partial charge on any atom is 0.270 e. The van der Waals surface area contributed by atoms with E-state index in [9.17, 15) is 14.0 Å². The molecule has 0 spiro atoms. The maximum absolute atomic E-state index is 14.4. The van der Waals surface area contributed by atoms with Gasteiger partial charge in [-0.3, -0.25) is 14.9 Å². The summed E-state index contributed by atoms with van der Waals surface area (Å²) in [6, 6.07) is 10.00. The van der Waals surface area contributed by atoms with Crippen LogP contribution in [0.4, 0.5) is 15.8 Å². The molecule has 1 N–H and O–H groups in total. The van der Waals surface area contributed by atoms with Crippen LogP contribution in [0.25, 0.3) is 6.08 Å². The zero-order valence-corrected chi connectivity index (χ0v) is 19.6. The topological polar surface area (TPSA) is 52.7 Å². The molecule has 0 aliphatic carbocycles. The first-order valence-electron chi connectivity index (χ1n) is 10.6. The van der Waals surface area contributed by atoms with Gasteiger partial charge in [-0.15, -0.1) is 0 Å². The smallest absolute Gasteiger partial charge is 0.270 e. The van der Waals surface area contributed by atoms with Gasteiger partial charge in [-0.1, -0.05) is 19.1 Å². The van der Waals surface area contributed by atoms with E-state index >= 15 is 0 Å². The third kappa shape index (κ3) is 3.60. The summed E-state index contributed by atoms with van der Waals surface area (Å²) in [5, 5.41) is 2.38. The number of carbonyl (C=O) groups excluding carboxylic acids is 2. The zero-order chi connectivity index (χ0) is 23.4. The number of anilines is 2. The first kappa shape index (κ1) is 22.1. The summed E-state index contributed by atoms with van der Waals surface area (Å²) in [6.07, 6.45) is 2.57. The fraction of sp³-hybridized carbons (Fsp3) is 0.320. The van der Waals surface area contributed by atoms with E-state index < -0.39 is 17.6 Å². The van der Waals surface area contributed by atoms with Gasteiger partial charge < -0.3 is 4.90 Å². The van der Waals surface area contributed by atoms with Gasteiger partial charge in [0.15, 0.2) is 5.11 Å². The number of rotatable bonds is 2. The molecule has 0 radical (unpaired) electrons. The Morgan fingerprint density at radius 1 is 1.19 bits per heavy atom. The third-order valence-electron chi connectivity index (χ3n) is 6.52. The van der Waals surface area contributed by atoms with Gasteiger partial charge in [0.05, 0.1) is 5.69 Å². The average molecular weight is 452 g/mol. The van der Waals surface area contributed by atoms with Crippen LogP contribution in [0.5, 0.6) is 0 Å². The number of hydrogen-bond donors (Lipinski definition) is 1. The predicted octanol–water partition coefficient (Wildman–Crippen LogP) is 4.69. The largest absolute Gasteiger partial charge is 0.369 e. The molecule has 2 aromatic carbocycles. The molecule has 1 unspecified atom stereocenters. The number of aryl methyl sites for hydroxylation is 1. The highest BCUT2D eigenvalue weighted by Gasteiger charge is 2.37. The summed E-state index contributed by atoms with van der Waals surface area (Å²) < 4.78 is 14.4. The summed E-state index contributed by atoms with van der Waals surface area (Å²) in [5.41, 5.74) is 4.02. The second-order valence-corrected chi connectivity index (χ2v) is 9.54. The van der Waals surface area contributed by atoms with Crippen LogP contribution in [-0.2, 0) is 9.59 Å². The minimum absolute atomic E-state index is 0.00745. The van der Waals surface area contributed by atoms with Gasteiger partial charge in [0, 0.05) is 18.3 Å². The number of hydrogen-bond acceptors (Lipinski definition) is 4. The molecule has 0 aromatic heterocycles. The van der Waals surface area contributed by atoms with Crippen LogP contribution in [-0.4, -0.2) is 29.5 Å². The van der Waals surface area contributed by atoms with Crippen LogP contribution in [0.15, 0.2) is 42.0 Å². The highest BCUT2D eigenvalue weighted by atomic mass is 32.1. The number of nitrogens with zero attached hydrogens (tertiary/aromatic N) is 2. The first-order chi connectivity index (χ1) is 15.0. The molecule has 32 heavy (non-hydrogen) atoms. The molecule has 0 saturated carbocycles. The molecule has 7 heteroatoms. The fourth-order valence-electron chi connectivity index (χ4n) is 4.55. The molecule has 5 nitrogen and oxygen atoms in total. The Morgan fingerprint density at radius 3 is 2.56 bits per heavy atom. The standard InChI is InChI=1S/C25H26FN3O2S/c1-14-10-21-17(15(2)13-25(3,4)28(21)5)11-16(14)12-18-22(30)27-24(32)29(23(18)31)20-9-7-6-8-19(20)26/h6-12,15H,13H2,1-5H3,(H,27,30,32)/b18-12-. The number of para-hydroxylation sites is 1. The van der Waals surface area contributed by atoms with Gasteiger partial charge >= 0.3 is 0 Å². The highest BCUT2D eigenvalue weighted by Crippen LogP contribution is 2.43. The van der Waals surface area contributed by atoms with Crippen LogP contribution in [0.1, 0.15) is 49.8 Å². The molecule has 0 bridgehead atoms. The van der Waals surface area contributed by atoms with Gasteiger partial charge in [-0.05, 0) is 92.4 Å². The van der Waals surface area contributed by atoms with Crippen LogP contribution in [0.2, 0.25) is 0 Å². The van der Waals surface area contributed by atoms with Crippen molar-refractivity contribution in [1.29, 1.82) is 0 Å². The first-order valence-corrected chi connectivity index (χ1v) is 11.0. The zero-order valence-electron chi connectivity index (χ0n) is 18.8. The SMILES string of the molecule is Cc1cc2c(cc1/C=C1/C(=O)NC(=S)N(c3ccccc3F)C1=O)C(C)CC(C)(C)N2C. The maximum atomic E-state index is 14.4. The molecule has 2 amide bonds. The molecule has 1 fully saturated rings. The number of benzene rings is 2. The number of fused-ring (bicyclic) bond motifs is 1. The lowest BCUT2D eigenvalue weighted by Crippen LogP contribution is -2.54. The second kappa shape index (κ2) is 7.81. The van der Waals surface area contributed by atoms with E-state index in [4.69, 9.17) is 12.2 Å². The predicted molar refractivity (Wildman–Crippen MR) is 129 cm³/mol. The molecule has 166 valence electrons. The molecule has 1 saturated heterocycles. The summed E-state index contributed by atoms with van der Waals surface area (Å²) in [4.78, 5) is 29.2. The minimum Gasteiger partial charge on any atom is -0.369 e. The Morgan fingerprint density at radius 2 is 1.88 bits per heavy atom. The van der Waals surface area contributed by atoms with E-state index in [1.54, 1.807) is 12.1 Å². The summed E-state index contributed by atoms with van der Waals surface area (Å²) in [7, 11) is 2.09. The minimum atomic E-state index is -0.646. The van der Waals surface area contributed by atoms with E-state index in [0.717, 1.165) is 28.1 Å². The van der Waals surface area contributed by atoms with Crippen molar-refractivity contribution in [3.63, 3.8) is 0 Å². The second-order valence-electron chi connectivity index (χ2n) is 9.15.